The molecular formula is C16H13F3O2. The summed E-state index contributed by atoms with van der Waals surface area (Å²) in [5, 5.41) is 0. The molecule has 0 fully saturated rings. The number of aryl methyl sites for hydroxylation is 1. The van der Waals surface area contributed by atoms with E-state index < -0.39 is 6.36 Å². The Labute approximate surface area is 120 Å². The van der Waals surface area contributed by atoms with Gasteiger partial charge in [-0.1, -0.05) is 31.2 Å². The van der Waals surface area contributed by atoms with Gasteiger partial charge in [0.05, 0.1) is 0 Å². The Hall–Kier alpha value is -2.30. The summed E-state index contributed by atoms with van der Waals surface area (Å²) in [6, 6.07) is 11.0. The lowest BCUT2D eigenvalue weighted by Crippen LogP contribution is -2.17. The van der Waals surface area contributed by atoms with E-state index in [0.717, 1.165) is 18.1 Å². The lowest BCUT2D eigenvalue weighted by Gasteiger charge is -2.14. The number of halogens is 3. The number of carbonyl (C=O) groups is 1. The minimum atomic E-state index is -4.78. The third kappa shape index (κ3) is 3.84. The van der Waals surface area contributed by atoms with E-state index >= 15 is 0 Å². The van der Waals surface area contributed by atoms with Crippen molar-refractivity contribution in [3.8, 4) is 16.9 Å². The zero-order valence-corrected chi connectivity index (χ0v) is 11.3. The molecule has 2 aromatic carbocycles. The van der Waals surface area contributed by atoms with Crippen LogP contribution in [0.4, 0.5) is 13.2 Å². The molecule has 0 saturated carbocycles. The second-order valence-corrected chi connectivity index (χ2v) is 4.48. The van der Waals surface area contributed by atoms with Crippen LogP contribution in [0.15, 0.2) is 42.5 Å². The van der Waals surface area contributed by atoms with Crippen LogP contribution in [0, 0.1) is 0 Å². The molecule has 0 radical (unpaired) electrons. The third-order valence-electron chi connectivity index (χ3n) is 3.01. The van der Waals surface area contributed by atoms with Gasteiger partial charge in [-0.25, -0.2) is 0 Å². The van der Waals surface area contributed by atoms with Crippen LogP contribution in [-0.2, 0) is 6.42 Å². The van der Waals surface area contributed by atoms with E-state index in [4.69, 9.17) is 0 Å². The summed E-state index contributed by atoms with van der Waals surface area (Å²) in [4.78, 5) is 10.8. The van der Waals surface area contributed by atoms with Crippen LogP contribution in [0.3, 0.4) is 0 Å². The molecule has 110 valence electrons. The first-order valence-electron chi connectivity index (χ1n) is 6.37. The summed E-state index contributed by atoms with van der Waals surface area (Å²) >= 11 is 0. The van der Waals surface area contributed by atoms with Gasteiger partial charge in [0.25, 0.3) is 0 Å². The molecule has 2 rings (SSSR count). The van der Waals surface area contributed by atoms with Gasteiger partial charge in [-0.3, -0.25) is 4.79 Å². The average Bonchev–Trinajstić information content (AvgIpc) is 2.46. The SMILES string of the molecule is CCc1cccc(-c2cc(C=O)ccc2OC(F)(F)F)c1. The zero-order chi connectivity index (χ0) is 15.5. The minimum Gasteiger partial charge on any atom is -0.405 e. The topological polar surface area (TPSA) is 26.3 Å². The molecule has 0 aliphatic heterocycles. The number of carbonyl (C=O) groups excluding carboxylic acids is 1. The molecule has 5 heteroatoms. The van der Waals surface area contributed by atoms with Gasteiger partial charge in [-0.05, 0) is 35.7 Å². The monoisotopic (exact) mass is 294 g/mol. The van der Waals surface area contributed by atoms with Crippen LogP contribution >= 0.6 is 0 Å². The first-order valence-corrected chi connectivity index (χ1v) is 6.37. The molecule has 2 aromatic rings. The van der Waals surface area contributed by atoms with Gasteiger partial charge < -0.3 is 4.74 Å². The predicted molar refractivity (Wildman–Crippen MR) is 73.3 cm³/mol. The van der Waals surface area contributed by atoms with Crippen molar-refractivity contribution in [2.45, 2.75) is 19.7 Å². The van der Waals surface area contributed by atoms with Crippen molar-refractivity contribution in [2.75, 3.05) is 0 Å². The quantitative estimate of drug-likeness (QED) is 0.769. The van der Waals surface area contributed by atoms with Crippen LogP contribution < -0.4 is 4.74 Å². The zero-order valence-electron chi connectivity index (χ0n) is 11.3. The molecule has 2 nitrogen and oxygen atoms in total. The van der Waals surface area contributed by atoms with Crippen LogP contribution in [0.1, 0.15) is 22.8 Å². The fourth-order valence-corrected chi connectivity index (χ4v) is 2.02. The molecule has 0 atom stereocenters. The Morgan fingerprint density at radius 3 is 2.52 bits per heavy atom. The third-order valence-corrected chi connectivity index (χ3v) is 3.01. The number of rotatable bonds is 4. The van der Waals surface area contributed by atoms with Gasteiger partial charge in [0.2, 0.25) is 0 Å². The molecule has 0 spiro atoms. The smallest absolute Gasteiger partial charge is 0.405 e. The van der Waals surface area contributed by atoms with E-state index in [9.17, 15) is 18.0 Å². The summed E-state index contributed by atoms with van der Waals surface area (Å²) in [5.74, 6) is -0.318. The number of alkyl halides is 3. The Balaban J connectivity index is 2.55. The lowest BCUT2D eigenvalue weighted by molar-refractivity contribution is -0.274. The first kappa shape index (κ1) is 15.1. The molecule has 0 heterocycles. The van der Waals surface area contributed by atoms with Gasteiger partial charge in [-0.15, -0.1) is 13.2 Å². The summed E-state index contributed by atoms with van der Waals surface area (Å²) in [7, 11) is 0. The minimum absolute atomic E-state index is 0.243. The van der Waals surface area contributed by atoms with Gasteiger partial charge in [-0.2, -0.15) is 0 Å². The second-order valence-electron chi connectivity index (χ2n) is 4.48. The highest BCUT2D eigenvalue weighted by atomic mass is 19.4. The Kier molecular flexibility index (Phi) is 4.31. The summed E-state index contributed by atoms with van der Waals surface area (Å²) < 4.78 is 41.5. The normalized spacial score (nSPS) is 11.2. The molecule has 0 amide bonds. The fraction of sp³-hybridized carbons (Fsp3) is 0.188. The van der Waals surface area contributed by atoms with Crippen LogP contribution in [0.5, 0.6) is 5.75 Å². The van der Waals surface area contributed by atoms with Crippen LogP contribution in [0.25, 0.3) is 11.1 Å². The number of hydrogen-bond donors (Lipinski definition) is 0. The number of aldehydes is 1. The average molecular weight is 294 g/mol. The maximum Gasteiger partial charge on any atom is 0.573 e. The number of ether oxygens (including phenoxy) is 1. The van der Waals surface area contributed by atoms with Crippen molar-refractivity contribution in [2.24, 2.45) is 0 Å². The Morgan fingerprint density at radius 2 is 1.90 bits per heavy atom. The molecule has 21 heavy (non-hydrogen) atoms. The maximum atomic E-state index is 12.5. The van der Waals surface area contributed by atoms with E-state index in [0.29, 0.717) is 17.4 Å². The molecule has 0 saturated heterocycles. The summed E-state index contributed by atoms with van der Waals surface area (Å²) in [6.45, 7) is 1.95. The van der Waals surface area contributed by atoms with Crippen molar-refractivity contribution >= 4 is 6.29 Å². The molecule has 0 unspecified atom stereocenters. The Bertz CT molecular complexity index is 648. The lowest BCUT2D eigenvalue weighted by atomic mass is 9.99. The summed E-state index contributed by atoms with van der Waals surface area (Å²) in [6.07, 6.45) is -3.43. The summed E-state index contributed by atoms with van der Waals surface area (Å²) in [5.41, 5.74) is 2.10. The highest BCUT2D eigenvalue weighted by Gasteiger charge is 2.32. The molecule has 0 aliphatic rings. The molecule has 0 bridgehead atoms. The molecule has 0 aromatic heterocycles. The molecular weight excluding hydrogens is 281 g/mol. The maximum absolute atomic E-state index is 12.5. The first-order chi connectivity index (χ1) is 9.93. The van der Waals surface area contributed by atoms with Crippen molar-refractivity contribution in [1.82, 2.24) is 0 Å². The number of hydrogen-bond acceptors (Lipinski definition) is 2. The van der Waals surface area contributed by atoms with Crippen molar-refractivity contribution in [3.63, 3.8) is 0 Å². The Morgan fingerprint density at radius 1 is 1.14 bits per heavy atom. The van der Waals surface area contributed by atoms with E-state index in [1.807, 2.05) is 13.0 Å². The highest BCUT2D eigenvalue weighted by molar-refractivity contribution is 5.81. The van der Waals surface area contributed by atoms with Crippen LogP contribution in [-0.4, -0.2) is 12.6 Å². The molecule has 0 aliphatic carbocycles. The van der Waals surface area contributed by atoms with Gasteiger partial charge in [0.15, 0.2) is 0 Å². The predicted octanol–water partition coefficient (Wildman–Crippen LogP) is 4.63. The van der Waals surface area contributed by atoms with Gasteiger partial charge in [0.1, 0.15) is 12.0 Å². The van der Waals surface area contributed by atoms with Gasteiger partial charge >= 0.3 is 6.36 Å². The highest BCUT2D eigenvalue weighted by Crippen LogP contribution is 2.34. The fourth-order valence-electron chi connectivity index (χ4n) is 2.02. The van der Waals surface area contributed by atoms with Crippen molar-refractivity contribution < 1.29 is 22.7 Å². The molecule has 0 N–H and O–H groups in total. The van der Waals surface area contributed by atoms with E-state index in [-0.39, 0.29) is 11.3 Å². The van der Waals surface area contributed by atoms with Crippen molar-refractivity contribution in [3.05, 3.63) is 53.6 Å². The van der Waals surface area contributed by atoms with Crippen LogP contribution in [0.2, 0.25) is 0 Å². The van der Waals surface area contributed by atoms with E-state index in [1.165, 1.54) is 12.1 Å². The number of benzene rings is 2. The van der Waals surface area contributed by atoms with Gasteiger partial charge in [0, 0.05) is 11.1 Å². The van der Waals surface area contributed by atoms with Crippen molar-refractivity contribution in [1.29, 1.82) is 0 Å². The second kappa shape index (κ2) is 5.99. The standard InChI is InChI=1S/C16H13F3O2/c1-2-11-4-3-5-13(8-11)14-9-12(10-20)6-7-15(14)21-16(17,18)19/h3-10H,2H2,1H3. The largest absolute Gasteiger partial charge is 0.573 e. The van der Waals surface area contributed by atoms with E-state index in [2.05, 4.69) is 4.74 Å². The van der Waals surface area contributed by atoms with E-state index in [1.54, 1.807) is 18.2 Å².